The molecule has 1 N–H and O–H groups in total. The number of ether oxygens (including phenoxy) is 1. The Balaban J connectivity index is 1.95. The maximum atomic E-state index is 9.82. The third kappa shape index (κ3) is 5.26. The molecule has 0 spiro atoms. The highest BCUT2D eigenvalue weighted by Crippen LogP contribution is 2.30. The normalized spacial score (nSPS) is 11.1. The fourth-order valence-electron chi connectivity index (χ4n) is 3.85. The molecule has 0 saturated heterocycles. The Bertz CT molecular complexity index is 975. The van der Waals surface area contributed by atoms with Gasteiger partial charge in [0.2, 0.25) is 0 Å². The molecular weight excluding hydrogens is 375 g/mol. The summed E-state index contributed by atoms with van der Waals surface area (Å²) in [6.45, 7) is 6.69. The molecule has 1 atom stereocenters. The number of rotatable bonds is 7. The van der Waals surface area contributed by atoms with Crippen molar-refractivity contribution < 1.29 is 9.84 Å². The third-order valence-electron chi connectivity index (χ3n) is 5.53. The van der Waals surface area contributed by atoms with Gasteiger partial charge >= 0.3 is 0 Å². The van der Waals surface area contributed by atoms with Gasteiger partial charge in [0.25, 0.3) is 0 Å². The summed E-state index contributed by atoms with van der Waals surface area (Å²) in [5.41, 5.74) is 8.69. The van der Waals surface area contributed by atoms with E-state index in [0.29, 0.717) is 5.92 Å². The summed E-state index contributed by atoms with van der Waals surface area (Å²) < 4.78 is 5.49. The molecule has 152 valence electrons. The van der Waals surface area contributed by atoms with Crippen LogP contribution in [0.1, 0.15) is 58.7 Å². The Kier molecular flexibility index (Phi) is 7.11. The Morgan fingerprint density at radius 2 is 1.59 bits per heavy atom. The molecule has 0 aliphatic carbocycles. The standard InChI is InChI=1S/C26H31O2P/c1-17(2)25-15-23(28-4)11-18(3)26(25)14-20-5-8-21(16-27)22(13-20)12-19-6-9-24(29)10-7-19/h5-11,13,15,17,27H,12,14,16,29H2,1-4H3. The molecule has 0 amide bonds. The van der Waals surface area contributed by atoms with Crippen LogP contribution >= 0.6 is 9.24 Å². The molecule has 0 saturated carbocycles. The average Bonchev–Trinajstić information content (AvgIpc) is 2.71. The number of aryl methyl sites for hydroxylation is 1. The number of benzene rings is 3. The first kappa shape index (κ1) is 21.6. The predicted molar refractivity (Wildman–Crippen MR) is 126 cm³/mol. The zero-order chi connectivity index (χ0) is 21.0. The van der Waals surface area contributed by atoms with E-state index in [-0.39, 0.29) is 6.61 Å². The lowest BCUT2D eigenvalue weighted by Gasteiger charge is -2.18. The third-order valence-corrected chi connectivity index (χ3v) is 5.92. The minimum Gasteiger partial charge on any atom is -0.497 e. The Labute approximate surface area is 177 Å². The predicted octanol–water partition coefficient (Wildman–Crippen LogP) is 5.30. The Hall–Kier alpha value is -2.15. The second-order valence-electron chi connectivity index (χ2n) is 8.02. The van der Waals surface area contributed by atoms with Gasteiger partial charge in [0.05, 0.1) is 13.7 Å². The fourth-order valence-corrected chi connectivity index (χ4v) is 4.04. The van der Waals surface area contributed by atoms with Crippen LogP contribution in [-0.2, 0) is 19.4 Å². The van der Waals surface area contributed by atoms with Gasteiger partial charge < -0.3 is 9.84 Å². The van der Waals surface area contributed by atoms with Crippen LogP contribution in [0.15, 0.2) is 54.6 Å². The molecule has 1 unspecified atom stereocenters. The Morgan fingerprint density at radius 1 is 0.897 bits per heavy atom. The van der Waals surface area contributed by atoms with E-state index < -0.39 is 0 Å². The first-order valence-corrected chi connectivity index (χ1v) is 10.7. The fraction of sp³-hybridized carbons (Fsp3) is 0.308. The van der Waals surface area contributed by atoms with E-state index in [1.807, 2.05) is 0 Å². The van der Waals surface area contributed by atoms with Crippen LogP contribution in [0.2, 0.25) is 0 Å². The van der Waals surface area contributed by atoms with Gasteiger partial charge in [-0.05, 0) is 82.1 Å². The summed E-state index contributed by atoms with van der Waals surface area (Å²) in [5.74, 6) is 1.35. The van der Waals surface area contributed by atoms with E-state index in [4.69, 9.17) is 4.74 Å². The van der Waals surface area contributed by atoms with Crippen molar-refractivity contribution in [1.82, 2.24) is 0 Å². The molecule has 3 heteroatoms. The van der Waals surface area contributed by atoms with Crippen molar-refractivity contribution in [2.45, 2.75) is 46.1 Å². The minimum absolute atomic E-state index is 0.0656. The van der Waals surface area contributed by atoms with Crippen molar-refractivity contribution in [3.05, 3.63) is 93.5 Å². The van der Waals surface area contributed by atoms with E-state index in [0.717, 1.165) is 24.2 Å². The number of methoxy groups -OCH3 is 1. The van der Waals surface area contributed by atoms with Crippen molar-refractivity contribution in [3.8, 4) is 5.75 Å². The highest BCUT2D eigenvalue weighted by molar-refractivity contribution is 7.27. The zero-order valence-corrected chi connectivity index (χ0v) is 19.0. The monoisotopic (exact) mass is 406 g/mol. The maximum Gasteiger partial charge on any atom is 0.119 e. The lowest BCUT2D eigenvalue weighted by atomic mass is 9.88. The van der Waals surface area contributed by atoms with E-state index >= 15 is 0 Å². The second kappa shape index (κ2) is 9.57. The number of hydrogen-bond donors (Lipinski definition) is 1. The van der Waals surface area contributed by atoms with Gasteiger partial charge in [-0.1, -0.05) is 56.3 Å². The maximum absolute atomic E-state index is 9.82. The number of aliphatic hydroxyl groups is 1. The van der Waals surface area contributed by atoms with Crippen molar-refractivity contribution in [1.29, 1.82) is 0 Å². The largest absolute Gasteiger partial charge is 0.497 e. The van der Waals surface area contributed by atoms with Crippen molar-refractivity contribution in [3.63, 3.8) is 0 Å². The summed E-state index contributed by atoms with van der Waals surface area (Å²) in [7, 11) is 4.45. The summed E-state index contributed by atoms with van der Waals surface area (Å²) in [6, 6.07) is 19.3. The van der Waals surface area contributed by atoms with Crippen LogP contribution < -0.4 is 10.0 Å². The van der Waals surface area contributed by atoms with Gasteiger partial charge in [-0.25, -0.2) is 0 Å². The summed E-state index contributed by atoms with van der Waals surface area (Å²) in [5, 5.41) is 11.0. The van der Waals surface area contributed by atoms with Crippen LogP contribution in [0.4, 0.5) is 0 Å². The van der Waals surface area contributed by atoms with Crippen LogP contribution in [0.3, 0.4) is 0 Å². The lowest BCUT2D eigenvalue weighted by Crippen LogP contribution is -2.04. The van der Waals surface area contributed by atoms with Gasteiger partial charge in [-0.2, -0.15) is 0 Å². The molecular formula is C26H31O2P. The molecule has 2 nitrogen and oxygen atoms in total. The summed E-state index contributed by atoms with van der Waals surface area (Å²) in [6.07, 6.45) is 1.71. The van der Waals surface area contributed by atoms with Gasteiger partial charge in [0.1, 0.15) is 5.75 Å². The van der Waals surface area contributed by atoms with Crippen LogP contribution in [0.25, 0.3) is 0 Å². The van der Waals surface area contributed by atoms with Gasteiger partial charge in [-0.3, -0.25) is 0 Å². The molecule has 0 aliphatic rings. The second-order valence-corrected chi connectivity index (χ2v) is 8.69. The molecule has 3 rings (SSSR count). The molecule has 3 aromatic carbocycles. The molecule has 0 radical (unpaired) electrons. The first-order valence-electron chi connectivity index (χ1n) is 10.1. The molecule has 0 aliphatic heterocycles. The Morgan fingerprint density at radius 3 is 2.21 bits per heavy atom. The van der Waals surface area contributed by atoms with Crippen LogP contribution in [0.5, 0.6) is 5.75 Å². The van der Waals surface area contributed by atoms with Crippen LogP contribution in [0, 0.1) is 6.92 Å². The topological polar surface area (TPSA) is 29.5 Å². The lowest BCUT2D eigenvalue weighted by molar-refractivity contribution is 0.281. The van der Waals surface area contributed by atoms with E-state index in [1.165, 1.54) is 38.7 Å². The van der Waals surface area contributed by atoms with E-state index in [1.54, 1.807) is 7.11 Å². The van der Waals surface area contributed by atoms with Crippen molar-refractivity contribution >= 4 is 14.5 Å². The van der Waals surface area contributed by atoms with Crippen molar-refractivity contribution in [2.24, 2.45) is 0 Å². The van der Waals surface area contributed by atoms with E-state index in [9.17, 15) is 5.11 Å². The van der Waals surface area contributed by atoms with Crippen molar-refractivity contribution in [2.75, 3.05) is 7.11 Å². The van der Waals surface area contributed by atoms with Gasteiger partial charge in [-0.15, -0.1) is 9.24 Å². The van der Waals surface area contributed by atoms with Gasteiger partial charge in [0.15, 0.2) is 0 Å². The van der Waals surface area contributed by atoms with E-state index in [2.05, 4.69) is 84.6 Å². The molecule has 29 heavy (non-hydrogen) atoms. The summed E-state index contributed by atoms with van der Waals surface area (Å²) in [4.78, 5) is 0. The molecule has 3 aromatic rings. The SMILES string of the molecule is COc1cc(C)c(Cc2ccc(CO)c(Cc3ccc(P)cc3)c2)c(C(C)C)c1. The molecule has 0 bridgehead atoms. The molecule has 0 aromatic heterocycles. The zero-order valence-electron chi connectivity index (χ0n) is 17.8. The van der Waals surface area contributed by atoms with Crippen LogP contribution in [-0.4, -0.2) is 12.2 Å². The first-order chi connectivity index (χ1) is 13.9. The average molecular weight is 407 g/mol. The smallest absolute Gasteiger partial charge is 0.119 e. The number of hydrogen-bond acceptors (Lipinski definition) is 2. The number of aliphatic hydroxyl groups excluding tert-OH is 1. The highest BCUT2D eigenvalue weighted by Gasteiger charge is 2.14. The summed E-state index contributed by atoms with van der Waals surface area (Å²) >= 11 is 0. The quantitative estimate of drug-likeness (QED) is 0.540. The molecule has 0 heterocycles. The highest BCUT2D eigenvalue weighted by atomic mass is 31.0. The molecule has 0 fully saturated rings. The minimum atomic E-state index is 0.0656. The van der Waals surface area contributed by atoms with Gasteiger partial charge in [0, 0.05) is 0 Å².